The maximum absolute atomic E-state index is 12.9. The summed E-state index contributed by atoms with van der Waals surface area (Å²) in [7, 11) is 0. The highest BCUT2D eigenvalue weighted by Gasteiger charge is 2.30. The highest BCUT2D eigenvalue weighted by molar-refractivity contribution is 9.16. The Bertz CT molecular complexity index is 1800. The molecule has 0 heterocycles. The van der Waals surface area contributed by atoms with E-state index in [1.807, 2.05) is 38.1 Å². The van der Waals surface area contributed by atoms with Crippen LogP contribution < -0.4 is 18.9 Å². The number of ether oxygens (including phenoxy) is 4. The number of benzene rings is 4. The molecule has 0 atom stereocenters. The van der Waals surface area contributed by atoms with Gasteiger partial charge >= 0.3 is 12.3 Å². The fraction of sp³-hybridized carbons (Fsp3) is 0.103. The standard InChI is InChI=1S/C29H10Br14O6/c1-29(2,7-3-9(30)23(10(31)4-7)46-27(44)48-25-19(40)15(36)13(34)16(37)20(25)41)8-5-11(32)24(12(33)6-8)47-28(45)49-26-21(42)17(38)14(35)18(39)22(26)43/h3-6H,1-2H3. The van der Waals surface area contributed by atoms with E-state index in [2.05, 4.69) is 223 Å². The molecule has 0 N–H and O–H groups in total. The van der Waals surface area contributed by atoms with Crippen LogP contribution in [-0.4, -0.2) is 12.3 Å². The van der Waals surface area contributed by atoms with Crippen molar-refractivity contribution in [1.29, 1.82) is 0 Å². The molecule has 4 rings (SSSR count). The first-order valence-corrected chi connectivity index (χ1v) is 23.6. The largest absolute Gasteiger partial charge is 0.519 e. The summed E-state index contributed by atoms with van der Waals surface area (Å²) in [6, 6.07) is 7.39. The van der Waals surface area contributed by atoms with Gasteiger partial charge < -0.3 is 18.9 Å². The molecule has 0 radical (unpaired) electrons. The van der Waals surface area contributed by atoms with Gasteiger partial charge in [0.15, 0.2) is 23.0 Å². The van der Waals surface area contributed by atoms with Gasteiger partial charge in [0.25, 0.3) is 0 Å². The summed E-state index contributed by atoms with van der Waals surface area (Å²) in [6.07, 6.45) is -1.92. The molecule has 49 heavy (non-hydrogen) atoms. The van der Waals surface area contributed by atoms with Crippen LogP contribution in [0.2, 0.25) is 0 Å². The molecule has 6 nitrogen and oxygen atoms in total. The van der Waals surface area contributed by atoms with Crippen LogP contribution in [-0.2, 0) is 5.41 Å². The number of rotatable bonds is 6. The summed E-state index contributed by atoms with van der Waals surface area (Å²) >= 11 is 48.7. The fourth-order valence-electron chi connectivity index (χ4n) is 3.93. The highest BCUT2D eigenvalue weighted by Crippen LogP contribution is 2.51. The van der Waals surface area contributed by atoms with E-state index in [1.54, 1.807) is 0 Å². The second-order valence-electron chi connectivity index (χ2n) is 9.87. The Labute approximate surface area is 397 Å². The van der Waals surface area contributed by atoms with E-state index < -0.39 is 17.7 Å². The molecule has 0 aliphatic rings. The molecule has 0 amide bonds. The molecule has 4 aromatic rings. The molecule has 4 aromatic carbocycles. The molecule has 0 spiro atoms. The first kappa shape index (κ1) is 43.9. The van der Waals surface area contributed by atoms with Gasteiger partial charge in [0.05, 0.1) is 53.7 Å². The SMILES string of the molecule is CC(C)(c1cc(Br)c(OC(=O)Oc2c(Br)c(Br)c(Br)c(Br)c2Br)c(Br)c1)c1cc(Br)c(OC(=O)Oc2c(Br)c(Br)c(Br)c(Br)c2Br)c(Br)c1. The third-order valence-electron chi connectivity index (χ3n) is 6.52. The molecule has 20 heteroatoms. The Morgan fingerprint density at radius 3 is 0.837 bits per heavy atom. The predicted molar refractivity (Wildman–Crippen MR) is 239 cm³/mol. The summed E-state index contributed by atoms with van der Waals surface area (Å²) in [4.78, 5) is 25.9. The minimum atomic E-state index is -0.960. The molecule has 0 aliphatic heterocycles. The lowest BCUT2D eigenvalue weighted by Crippen LogP contribution is -2.20. The maximum Gasteiger partial charge on any atom is 0.519 e. The molecule has 260 valence electrons. The van der Waals surface area contributed by atoms with Crippen LogP contribution in [0.4, 0.5) is 9.59 Å². The zero-order chi connectivity index (χ0) is 36.9. The Balaban J connectivity index is 1.57. The quantitative estimate of drug-likeness (QED) is 0.0829. The van der Waals surface area contributed by atoms with Crippen LogP contribution >= 0.6 is 223 Å². The minimum absolute atomic E-state index is 0.212. The molecule has 0 aliphatic carbocycles. The van der Waals surface area contributed by atoms with E-state index >= 15 is 0 Å². The van der Waals surface area contributed by atoms with Crippen LogP contribution in [0.5, 0.6) is 23.0 Å². The van der Waals surface area contributed by atoms with E-state index in [0.717, 1.165) is 20.1 Å². The number of hydrogen-bond acceptors (Lipinski definition) is 6. The van der Waals surface area contributed by atoms with Gasteiger partial charge in [-0.3, -0.25) is 0 Å². The summed E-state index contributed by atoms with van der Waals surface area (Å²) < 4.78 is 30.3. The third kappa shape index (κ3) is 9.58. The summed E-state index contributed by atoms with van der Waals surface area (Å²) in [5, 5.41) is 0. The Kier molecular flexibility index (Phi) is 16.1. The molecule has 0 saturated heterocycles. The van der Waals surface area contributed by atoms with Gasteiger partial charge in [0.1, 0.15) is 0 Å². The second-order valence-corrected chi connectivity index (χ2v) is 21.2. The van der Waals surface area contributed by atoms with Crippen molar-refractivity contribution in [3.05, 3.63) is 98.0 Å². The van der Waals surface area contributed by atoms with Crippen molar-refractivity contribution in [2.75, 3.05) is 0 Å². The van der Waals surface area contributed by atoms with E-state index in [-0.39, 0.29) is 23.0 Å². The summed E-state index contributed by atoms with van der Waals surface area (Å²) in [5.74, 6) is 0.868. The lowest BCUT2D eigenvalue weighted by atomic mass is 9.78. The lowest BCUT2D eigenvalue weighted by molar-refractivity contribution is 0.149. The van der Waals surface area contributed by atoms with Crippen molar-refractivity contribution in [3.63, 3.8) is 0 Å². The average Bonchev–Trinajstić information content (AvgIpc) is 3.04. The first-order chi connectivity index (χ1) is 22.7. The Morgan fingerprint density at radius 2 is 0.592 bits per heavy atom. The summed E-state index contributed by atoms with van der Waals surface area (Å²) in [5.41, 5.74) is 1.14. The van der Waals surface area contributed by atoms with Gasteiger partial charge in [-0.1, -0.05) is 13.8 Å². The zero-order valence-electron chi connectivity index (χ0n) is 23.6. The van der Waals surface area contributed by atoms with Gasteiger partial charge in [0.2, 0.25) is 0 Å². The number of hydrogen-bond donors (Lipinski definition) is 0. The van der Waals surface area contributed by atoms with E-state index in [1.165, 1.54) is 0 Å². The van der Waals surface area contributed by atoms with Gasteiger partial charge in [-0.25, -0.2) is 9.59 Å². The van der Waals surface area contributed by atoms with Crippen molar-refractivity contribution in [3.8, 4) is 23.0 Å². The van der Waals surface area contributed by atoms with Gasteiger partial charge in [-0.05, 0) is 258 Å². The lowest BCUT2D eigenvalue weighted by Gasteiger charge is -2.28. The fourth-order valence-corrected chi connectivity index (χ4v) is 13.0. The normalized spacial score (nSPS) is 11.4. The van der Waals surface area contributed by atoms with E-state index in [0.29, 0.717) is 53.7 Å². The van der Waals surface area contributed by atoms with Crippen molar-refractivity contribution in [2.45, 2.75) is 19.3 Å². The van der Waals surface area contributed by atoms with Crippen molar-refractivity contribution < 1.29 is 28.5 Å². The topological polar surface area (TPSA) is 71.1 Å². The van der Waals surface area contributed by atoms with Crippen LogP contribution in [0.25, 0.3) is 0 Å². The Hall–Kier alpha value is 2.14. The van der Waals surface area contributed by atoms with Gasteiger partial charge in [-0.2, -0.15) is 0 Å². The zero-order valence-corrected chi connectivity index (χ0v) is 45.8. The van der Waals surface area contributed by atoms with Crippen molar-refractivity contribution in [1.82, 2.24) is 0 Å². The first-order valence-electron chi connectivity index (χ1n) is 12.5. The van der Waals surface area contributed by atoms with Gasteiger partial charge in [0, 0.05) is 14.4 Å². The minimum Gasteiger partial charge on any atom is -0.392 e. The molecule has 0 saturated carbocycles. The average molecular weight is 1570 g/mol. The highest BCUT2D eigenvalue weighted by atomic mass is 79.9. The second kappa shape index (κ2) is 17.9. The van der Waals surface area contributed by atoms with Crippen LogP contribution in [0.1, 0.15) is 25.0 Å². The molecular formula is C29H10Br14O6. The van der Waals surface area contributed by atoms with Crippen LogP contribution in [0.3, 0.4) is 0 Å². The molecule has 0 fully saturated rings. The molecular weight excluding hydrogens is 1560 g/mol. The predicted octanol–water partition coefficient (Wildman–Crippen LogP) is 17.8. The summed E-state index contributed by atoms with van der Waals surface area (Å²) in [6.45, 7) is 4.05. The third-order valence-corrected chi connectivity index (χ3v) is 20.9. The van der Waals surface area contributed by atoms with E-state index in [9.17, 15) is 9.59 Å². The van der Waals surface area contributed by atoms with Crippen molar-refractivity contribution >= 4 is 235 Å². The van der Waals surface area contributed by atoms with Crippen LogP contribution in [0, 0.1) is 0 Å². The number of carbonyl (C=O) groups is 2. The molecule has 0 aromatic heterocycles. The maximum atomic E-state index is 12.9. The smallest absolute Gasteiger partial charge is 0.392 e. The van der Waals surface area contributed by atoms with Gasteiger partial charge in [-0.15, -0.1) is 0 Å². The van der Waals surface area contributed by atoms with Crippen LogP contribution in [0.15, 0.2) is 86.9 Å². The molecule has 0 unspecified atom stereocenters. The molecule has 0 bridgehead atoms. The number of halogens is 14. The van der Waals surface area contributed by atoms with E-state index in [4.69, 9.17) is 18.9 Å². The van der Waals surface area contributed by atoms with Crippen molar-refractivity contribution in [2.24, 2.45) is 0 Å². The number of carbonyl (C=O) groups excluding carboxylic acids is 2. The Morgan fingerprint density at radius 1 is 0.388 bits per heavy atom. The monoisotopic (exact) mass is 1560 g/mol.